The van der Waals surface area contributed by atoms with Crippen LogP contribution in [0.3, 0.4) is 0 Å². The van der Waals surface area contributed by atoms with Crippen LogP contribution in [0, 0.1) is 0 Å². The third kappa shape index (κ3) is 4.48. The molecule has 0 heterocycles. The zero-order valence-corrected chi connectivity index (χ0v) is 11.8. The van der Waals surface area contributed by atoms with E-state index in [0.717, 1.165) is 16.8 Å². The Kier molecular flexibility index (Phi) is 4.85. The lowest BCUT2D eigenvalue weighted by atomic mass is 10.1. The number of hydrogen-bond acceptors (Lipinski definition) is 2. The number of rotatable bonds is 5. The molecule has 2 aromatic rings. The number of carbonyl (C=O) groups is 1. The number of carbonyl (C=O) groups excluding carboxylic acids is 1. The van der Waals surface area contributed by atoms with Gasteiger partial charge in [0.05, 0.1) is 11.4 Å². The number of amides is 1. The van der Waals surface area contributed by atoms with Gasteiger partial charge in [-0.25, -0.2) is 0 Å². The number of anilines is 1. The minimum absolute atomic E-state index is 0.0294. The van der Waals surface area contributed by atoms with E-state index in [0.29, 0.717) is 17.8 Å². The molecule has 0 radical (unpaired) electrons. The first-order valence-corrected chi connectivity index (χ1v) is 6.75. The SMILES string of the molecule is NC(=S)Cc1ccc(NC(=O)Cc2ccccc2)cc1. The topological polar surface area (TPSA) is 55.1 Å². The van der Waals surface area contributed by atoms with Crippen LogP contribution >= 0.6 is 12.2 Å². The number of nitrogens with two attached hydrogens (primary N) is 1. The van der Waals surface area contributed by atoms with E-state index in [-0.39, 0.29) is 5.91 Å². The van der Waals surface area contributed by atoms with Gasteiger partial charge in [0, 0.05) is 12.1 Å². The molecule has 0 unspecified atom stereocenters. The average molecular weight is 284 g/mol. The standard InChI is InChI=1S/C16H16N2OS/c17-15(20)10-13-6-8-14(9-7-13)18-16(19)11-12-4-2-1-3-5-12/h1-9H,10-11H2,(H2,17,20)(H,18,19). The molecular weight excluding hydrogens is 268 g/mol. The van der Waals surface area contributed by atoms with Crippen LogP contribution in [0.4, 0.5) is 5.69 Å². The van der Waals surface area contributed by atoms with Crippen LogP contribution in [0.2, 0.25) is 0 Å². The van der Waals surface area contributed by atoms with Crippen LogP contribution in [0.1, 0.15) is 11.1 Å². The van der Waals surface area contributed by atoms with Crippen LogP contribution in [-0.2, 0) is 17.6 Å². The third-order valence-electron chi connectivity index (χ3n) is 2.82. The highest BCUT2D eigenvalue weighted by molar-refractivity contribution is 7.80. The summed E-state index contributed by atoms with van der Waals surface area (Å²) in [6, 6.07) is 17.2. The Morgan fingerprint density at radius 2 is 1.55 bits per heavy atom. The molecule has 0 bridgehead atoms. The lowest BCUT2D eigenvalue weighted by molar-refractivity contribution is -0.115. The summed E-state index contributed by atoms with van der Waals surface area (Å²) < 4.78 is 0. The molecule has 20 heavy (non-hydrogen) atoms. The normalized spacial score (nSPS) is 10.0. The molecule has 4 heteroatoms. The van der Waals surface area contributed by atoms with Crippen molar-refractivity contribution in [2.45, 2.75) is 12.8 Å². The Bertz CT molecular complexity index is 594. The van der Waals surface area contributed by atoms with Crippen molar-refractivity contribution in [3.63, 3.8) is 0 Å². The lowest BCUT2D eigenvalue weighted by Gasteiger charge is -2.06. The number of hydrogen-bond donors (Lipinski definition) is 2. The average Bonchev–Trinajstić information content (AvgIpc) is 2.41. The molecule has 3 nitrogen and oxygen atoms in total. The van der Waals surface area contributed by atoms with Gasteiger partial charge >= 0.3 is 0 Å². The zero-order chi connectivity index (χ0) is 14.4. The number of nitrogens with one attached hydrogen (secondary N) is 1. The van der Waals surface area contributed by atoms with Crippen molar-refractivity contribution in [2.24, 2.45) is 5.73 Å². The maximum atomic E-state index is 11.9. The maximum Gasteiger partial charge on any atom is 0.228 e. The number of benzene rings is 2. The first-order chi connectivity index (χ1) is 9.63. The molecule has 0 aliphatic rings. The first kappa shape index (κ1) is 14.2. The van der Waals surface area contributed by atoms with Crippen molar-refractivity contribution in [3.8, 4) is 0 Å². The quantitative estimate of drug-likeness (QED) is 0.830. The second-order valence-corrected chi connectivity index (χ2v) is 5.07. The second kappa shape index (κ2) is 6.82. The van der Waals surface area contributed by atoms with Crippen LogP contribution in [0.5, 0.6) is 0 Å². The summed E-state index contributed by atoms with van der Waals surface area (Å²) in [5.41, 5.74) is 8.30. The highest BCUT2D eigenvalue weighted by atomic mass is 32.1. The van der Waals surface area contributed by atoms with Crippen LogP contribution in [-0.4, -0.2) is 10.9 Å². The molecule has 0 aromatic heterocycles. The molecule has 0 aliphatic carbocycles. The van der Waals surface area contributed by atoms with Gasteiger partial charge in [0.15, 0.2) is 0 Å². The van der Waals surface area contributed by atoms with Gasteiger partial charge in [-0.05, 0) is 23.3 Å². The first-order valence-electron chi connectivity index (χ1n) is 6.34. The summed E-state index contributed by atoms with van der Waals surface area (Å²) in [6.07, 6.45) is 0.947. The van der Waals surface area contributed by atoms with Gasteiger partial charge in [0.1, 0.15) is 0 Å². The van der Waals surface area contributed by atoms with Crippen LogP contribution < -0.4 is 11.1 Å². The van der Waals surface area contributed by atoms with Crippen molar-refractivity contribution in [2.75, 3.05) is 5.32 Å². The smallest absolute Gasteiger partial charge is 0.228 e. The molecule has 0 fully saturated rings. The van der Waals surface area contributed by atoms with Crippen LogP contribution in [0.25, 0.3) is 0 Å². The molecule has 0 aliphatic heterocycles. The highest BCUT2D eigenvalue weighted by Gasteiger charge is 2.04. The Balaban J connectivity index is 1.93. The molecule has 102 valence electrons. The van der Waals surface area contributed by atoms with E-state index >= 15 is 0 Å². The van der Waals surface area contributed by atoms with Crippen molar-refractivity contribution < 1.29 is 4.79 Å². The fraction of sp³-hybridized carbons (Fsp3) is 0.125. The van der Waals surface area contributed by atoms with Crippen LogP contribution in [0.15, 0.2) is 54.6 Å². The van der Waals surface area contributed by atoms with E-state index < -0.39 is 0 Å². The van der Waals surface area contributed by atoms with Gasteiger partial charge in [-0.15, -0.1) is 0 Å². The van der Waals surface area contributed by atoms with Crippen molar-refractivity contribution in [1.29, 1.82) is 0 Å². The minimum atomic E-state index is -0.0294. The number of thiocarbonyl (C=S) groups is 1. The highest BCUT2D eigenvalue weighted by Crippen LogP contribution is 2.11. The lowest BCUT2D eigenvalue weighted by Crippen LogP contribution is -2.14. The van der Waals surface area contributed by atoms with Gasteiger partial charge < -0.3 is 11.1 Å². The molecule has 0 atom stereocenters. The van der Waals surface area contributed by atoms with Crippen molar-refractivity contribution in [1.82, 2.24) is 0 Å². The summed E-state index contributed by atoms with van der Waals surface area (Å²) in [6.45, 7) is 0. The summed E-state index contributed by atoms with van der Waals surface area (Å²) in [7, 11) is 0. The zero-order valence-electron chi connectivity index (χ0n) is 11.0. The predicted octanol–water partition coefficient (Wildman–Crippen LogP) is 2.70. The van der Waals surface area contributed by atoms with E-state index in [1.165, 1.54) is 0 Å². The summed E-state index contributed by atoms with van der Waals surface area (Å²) in [5, 5.41) is 2.87. The Labute approximate surface area is 123 Å². The Morgan fingerprint density at radius 3 is 2.15 bits per heavy atom. The Morgan fingerprint density at radius 1 is 0.950 bits per heavy atom. The predicted molar refractivity (Wildman–Crippen MR) is 85.7 cm³/mol. The fourth-order valence-corrected chi connectivity index (χ4v) is 2.06. The van der Waals surface area contributed by atoms with E-state index in [4.69, 9.17) is 18.0 Å². The molecule has 0 spiro atoms. The van der Waals surface area contributed by atoms with Gasteiger partial charge in [-0.1, -0.05) is 54.7 Å². The molecule has 0 saturated carbocycles. The van der Waals surface area contributed by atoms with Gasteiger partial charge in [0.25, 0.3) is 0 Å². The molecule has 3 N–H and O–H groups in total. The van der Waals surface area contributed by atoms with E-state index in [2.05, 4.69) is 5.32 Å². The summed E-state index contributed by atoms with van der Waals surface area (Å²) in [4.78, 5) is 12.4. The minimum Gasteiger partial charge on any atom is -0.393 e. The van der Waals surface area contributed by atoms with Gasteiger partial charge in [0.2, 0.25) is 5.91 Å². The Hall–Kier alpha value is -2.20. The summed E-state index contributed by atoms with van der Waals surface area (Å²) >= 11 is 4.86. The van der Waals surface area contributed by atoms with Gasteiger partial charge in [-0.3, -0.25) is 4.79 Å². The molecule has 2 rings (SSSR count). The van der Waals surface area contributed by atoms with Crippen molar-refractivity contribution in [3.05, 3.63) is 65.7 Å². The van der Waals surface area contributed by atoms with Gasteiger partial charge in [-0.2, -0.15) is 0 Å². The van der Waals surface area contributed by atoms with E-state index in [1.807, 2.05) is 54.6 Å². The largest absolute Gasteiger partial charge is 0.393 e. The summed E-state index contributed by atoms with van der Waals surface area (Å²) in [5.74, 6) is -0.0294. The molecule has 2 aromatic carbocycles. The fourth-order valence-electron chi connectivity index (χ4n) is 1.89. The molecule has 0 saturated heterocycles. The second-order valence-electron chi connectivity index (χ2n) is 4.55. The third-order valence-corrected chi connectivity index (χ3v) is 2.97. The monoisotopic (exact) mass is 284 g/mol. The molecular formula is C16H16N2OS. The van der Waals surface area contributed by atoms with E-state index in [1.54, 1.807) is 0 Å². The van der Waals surface area contributed by atoms with E-state index in [9.17, 15) is 4.79 Å². The van der Waals surface area contributed by atoms with Crippen molar-refractivity contribution >= 4 is 28.8 Å². The maximum absolute atomic E-state index is 11.9. The molecule has 1 amide bonds.